The summed E-state index contributed by atoms with van der Waals surface area (Å²) < 4.78 is 0. The van der Waals surface area contributed by atoms with Crippen LogP contribution in [0.25, 0.3) is 0 Å². The highest BCUT2D eigenvalue weighted by Crippen LogP contribution is 2.41. The van der Waals surface area contributed by atoms with Crippen LogP contribution in [-0.2, 0) is 11.8 Å². The number of nitrogens with two attached hydrogens (primary N) is 1. The normalized spacial score (nSPS) is 20.0. The Morgan fingerprint density at radius 2 is 1.82 bits per heavy atom. The molecule has 0 spiro atoms. The number of carbonyl (C=O) groups excluding carboxylic acids is 1. The molecule has 1 saturated carbocycles. The summed E-state index contributed by atoms with van der Waals surface area (Å²) in [5.74, 6) is -0.0537. The number of carbonyl (C=O) groups is 1. The first-order valence-electron chi connectivity index (χ1n) is 11.2. The second-order valence-electron chi connectivity index (χ2n) is 8.57. The molecule has 0 unspecified atom stereocenters. The predicted molar refractivity (Wildman–Crippen MR) is 135 cm³/mol. The summed E-state index contributed by atoms with van der Waals surface area (Å²) in [5, 5.41) is 8.72. The number of hydrogen-bond acceptors (Lipinski definition) is 4. The molecule has 3 aromatic rings. The molecule has 2 aromatic carbocycles. The Balaban J connectivity index is 0.00000306. The molecule has 1 aliphatic carbocycles. The van der Waals surface area contributed by atoms with Crippen molar-refractivity contribution < 1.29 is 4.79 Å². The predicted octanol–water partition coefficient (Wildman–Crippen LogP) is 5.08. The first-order valence-corrected chi connectivity index (χ1v) is 11.6. The van der Waals surface area contributed by atoms with Crippen molar-refractivity contribution in [3.05, 3.63) is 94.8 Å². The second kappa shape index (κ2) is 11.6. The van der Waals surface area contributed by atoms with Gasteiger partial charge in [-0.25, -0.2) is 0 Å². The minimum Gasteiger partial charge on any atom is -0.334 e. The van der Waals surface area contributed by atoms with Gasteiger partial charge in [0, 0.05) is 35.8 Å². The smallest absolute Gasteiger partial charge is 0.274 e. The maximum atomic E-state index is 13.4. The minimum atomic E-state index is -0.0951. The lowest BCUT2D eigenvalue weighted by atomic mass is 9.68. The lowest BCUT2D eigenvalue weighted by molar-refractivity contribution is 0.0590. The fraction of sp³-hybridized carbons (Fsp3) is 0.346. The van der Waals surface area contributed by atoms with Gasteiger partial charge in [0.15, 0.2) is 5.69 Å². The summed E-state index contributed by atoms with van der Waals surface area (Å²) in [6.07, 6.45) is 6.02. The van der Waals surface area contributed by atoms with E-state index < -0.39 is 0 Å². The molecule has 1 heterocycles. The topological polar surface area (TPSA) is 72.1 Å². The molecule has 5 nitrogen and oxygen atoms in total. The summed E-state index contributed by atoms with van der Waals surface area (Å²) in [6.45, 7) is 1.22. The Kier molecular flexibility index (Phi) is 8.84. The summed E-state index contributed by atoms with van der Waals surface area (Å²) >= 11 is 6.26. The zero-order valence-electron chi connectivity index (χ0n) is 18.6. The zero-order valence-corrected chi connectivity index (χ0v) is 20.1. The Morgan fingerprint density at radius 1 is 1.06 bits per heavy atom. The van der Waals surface area contributed by atoms with E-state index in [4.69, 9.17) is 17.3 Å². The van der Waals surface area contributed by atoms with Gasteiger partial charge in [0.2, 0.25) is 0 Å². The average molecular weight is 485 g/mol. The number of hydrogen-bond donors (Lipinski definition) is 1. The number of nitrogens with zero attached hydrogens (tertiary/aromatic N) is 3. The molecule has 1 fully saturated rings. The SMILES string of the molecule is Cl.NC[C@]1(c2cccc(Cl)c2)CC[C@H](N(CCc2ccccc2)C(=O)c2cccnn2)CC1. The first kappa shape index (κ1) is 25.2. The van der Waals surface area contributed by atoms with Gasteiger partial charge >= 0.3 is 0 Å². The van der Waals surface area contributed by atoms with Crippen molar-refractivity contribution in [1.29, 1.82) is 0 Å². The zero-order chi connectivity index (χ0) is 22.4. The maximum absolute atomic E-state index is 13.4. The molecule has 1 aromatic heterocycles. The lowest BCUT2D eigenvalue weighted by Gasteiger charge is -2.43. The van der Waals surface area contributed by atoms with Gasteiger partial charge in [-0.3, -0.25) is 4.79 Å². The van der Waals surface area contributed by atoms with Crippen LogP contribution in [0.4, 0.5) is 0 Å². The second-order valence-corrected chi connectivity index (χ2v) is 9.01. The van der Waals surface area contributed by atoms with E-state index in [1.165, 1.54) is 11.1 Å². The van der Waals surface area contributed by atoms with Gasteiger partial charge in [0.25, 0.3) is 5.91 Å². The molecule has 0 saturated heterocycles. The fourth-order valence-corrected chi connectivity index (χ4v) is 4.99. The van der Waals surface area contributed by atoms with Crippen molar-refractivity contribution in [2.45, 2.75) is 43.6 Å². The molecule has 0 atom stereocenters. The molecular weight excluding hydrogens is 455 g/mol. The monoisotopic (exact) mass is 484 g/mol. The summed E-state index contributed by atoms with van der Waals surface area (Å²) in [7, 11) is 0. The molecule has 4 rings (SSSR count). The van der Waals surface area contributed by atoms with Crippen LogP contribution in [0.15, 0.2) is 72.9 Å². The number of amides is 1. The Hall–Kier alpha value is -2.47. The summed E-state index contributed by atoms with van der Waals surface area (Å²) in [4.78, 5) is 15.4. The van der Waals surface area contributed by atoms with Gasteiger partial charge < -0.3 is 10.6 Å². The Bertz CT molecular complexity index is 1020. The third-order valence-corrected chi connectivity index (χ3v) is 6.95. The number of halogens is 2. The number of rotatable bonds is 7. The van der Waals surface area contributed by atoms with Crippen LogP contribution in [0.1, 0.15) is 47.3 Å². The Morgan fingerprint density at radius 3 is 2.45 bits per heavy atom. The van der Waals surface area contributed by atoms with Gasteiger partial charge in [-0.05, 0) is 67.5 Å². The summed E-state index contributed by atoms with van der Waals surface area (Å²) in [6, 6.07) is 22.0. The van der Waals surface area contributed by atoms with E-state index in [9.17, 15) is 4.79 Å². The average Bonchev–Trinajstić information content (AvgIpc) is 2.85. The van der Waals surface area contributed by atoms with Gasteiger partial charge in [-0.15, -0.1) is 17.5 Å². The summed E-state index contributed by atoms with van der Waals surface area (Å²) in [5.41, 5.74) is 9.00. The highest BCUT2D eigenvalue weighted by Gasteiger charge is 2.39. The quantitative estimate of drug-likeness (QED) is 0.507. The highest BCUT2D eigenvalue weighted by atomic mass is 35.5. The molecule has 33 heavy (non-hydrogen) atoms. The molecule has 2 N–H and O–H groups in total. The highest BCUT2D eigenvalue weighted by molar-refractivity contribution is 6.30. The van der Waals surface area contributed by atoms with Crippen molar-refractivity contribution in [2.24, 2.45) is 5.73 Å². The fourth-order valence-electron chi connectivity index (χ4n) is 4.80. The van der Waals surface area contributed by atoms with E-state index >= 15 is 0 Å². The number of aromatic nitrogens is 2. The van der Waals surface area contributed by atoms with E-state index in [1.54, 1.807) is 18.3 Å². The number of benzene rings is 2. The van der Waals surface area contributed by atoms with E-state index in [1.807, 2.05) is 41.3 Å². The van der Waals surface area contributed by atoms with Gasteiger partial charge in [0.1, 0.15) is 0 Å². The van der Waals surface area contributed by atoms with Crippen LogP contribution < -0.4 is 5.73 Å². The third-order valence-electron chi connectivity index (χ3n) is 6.72. The van der Waals surface area contributed by atoms with Crippen LogP contribution >= 0.6 is 24.0 Å². The van der Waals surface area contributed by atoms with Gasteiger partial charge in [-0.1, -0.05) is 54.1 Å². The molecule has 7 heteroatoms. The van der Waals surface area contributed by atoms with Gasteiger partial charge in [-0.2, -0.15) is 5.10 Å². The van der Waals surface area contributed by atoms with Crippen molar-refractivity contribution in [1.82, 2.24) is 15.1 Å². The first-order chi connectivity index (χ1) is 15.6. The van der Waals surface area contributed by atoms with Crippen molar-refractivity contribution in [3.8, 4) is 0 Å². The maximum Gasteiger partial charge on any atom is 0.274 e. The van der Waals surface area contributed by atoms with E-state index in [0.717, 1.165) is 37.1 Å². The van der Waals surface area contributed by atoms with E-state index in [0.29, 0.717) is 18.8 Å². The molecule has 0 aliphatic heterocycles. The van der Waals surface area contributed by atoms with Crippen LogP contribution in [0.3, 0.4) is 0 Å². The van der Waals surface area contributed by atoms with Crippen LogP contribution in [0, 0.1) is 0 Å². The molecule has 0 radical (unpaired) electrons. The van der Waals surface area contributed by atoms with Crippen LogP contribution in [0.5, 0.6) is 0 Å². The Labute approximate surface area is 206 Å². The standard InChI is InChI=1S/C26H29ClN4O.ClH/c27-22-9-4-8-21(18-22)26(19-28)14-11-23(12-15-26)31(17-13-20-6-2-1-3-7-20)25(32)24-10-5-16-29-30-24;/h1-10,16,18,23H,11-15,17,19,28H2;1H/t23-,26-;. The van der Waals surface area contributed by atoms with Crippen molar-refractivity contribution >= 4 is 29.9 Å². The lowest BCUT2D eigenvalue weighted by Crippen LogP contribution is -2.48. The largest absolute Gasteiger partial charge is 0.334 e. The van der Waals surface area contributed by atoms with E-state index in [-0.39, 0.29) is 29.8 Å². The van der Waals surface area contributed by atoms with Crippen LogP contribution in [-0.4, -0.2) is 40.1 Å². The van der Waals surface area contributed by atoms with Crippen molar-refractivity contribution in [2.75, 3.05) is 13.1 Å². The van der Waals surface area contributed by atoms with Crippen molar-refractivity contribution in [3.63, 3.8) is 0 Å². The minimum absolute atomic E-state index is 0. The molecule has 1 amide bonds. The molecule has 1 aliphatic rings. The molecular formula is C26H30Cl2N4O. The van der Waals surface area contributed by atoms with Crippen LogP contribution in [0.2, 0.25) is 5.02 Å². The van der Waals surface area contributed by atoms with Gasteiger partial charge in [0.05, 0.1) is 0 Å². The van der Waals surface area contributed by atoms with E-state index in [2.05, 4.69) is 28.4 Å². The molecule has 174 valence electrons. The molecule has 0 bridgehead atoms. The third kappa shape index (κ3) is 5.91.